The van der Waals surface area contributed by atoms with Gasteiger partial charge in [-0.2, -0.15) is 0 Å². The Morgan fingerprint density at radius 3 is 1.45 bits per heavy atom. The van der Waals surface area contributed by atoms with Crippen LogP contribution in [0.2, 0.25) is 0 Å². The van der Waals surface area contributed by atoms with E-state index in [-0.39, 0.29) is 17.4 Å². The van der Waals surface area contributed by atoms with E-state index in [1.807, 2.05) is 55.5 Å². The topological polar surface area (TPSA) is 17.1 Å². The third-order valence-corrected chi connectivity index (χ3v) is 9.28. The van der Waals surface area contributed by atoms with Gasteiger partial charge in [0.15, 0.2) is 20.5 Å². The molecule has 0 heterocycles. The van der Waals surface area contributed by atoms with E-state index in [0.717, 1.165) is 30.0 Å². The van der Waals surface area contributed by atoms with Crippen molar-refractivity contribution in [3.05, 3.63) is 150 Å². The molecule has 0 aliphatic carbocycles. The van der Waals surface area contributed by atoms with Crippen LogP contribution in [-0.4, -0.2) is 25.3 Å². The summed E-state index contributed by atoms with van der Waals surface area (Å²) in [5, 5.41) is 0. The van der Waals surface area contributed by atoms with Crippen LogP contribution in [0.4, 0.5) is 25.7 Å². The maximum absolute atomic E-state index is 13.6. The molecular formula is C32H23F8OS2Sb. The van der Waals surface area contributed by atoms with Crippen molar-refractivity contribution in [3.63, 3.8) is 0 Å². The van der Waals surface area contributed by atoms with Gasteiger partial charge in [0, 0.05) is 20.9 Å². The molecule has 0 aromatic heterocycles. The molecule has 0 N–H and O–H groups in total. The molecule has 1 nitrogen and oxygen atoms in total. The van der Waals surface area contributed by atoms with E-state index in [2.05, 4.69) is 24.3 Å². The predicted molar refractivity (Wildman–Crippen MR) is 159 cm³/mol. The van der Waals surface area contributed by atoms with Crippen molar-refractivity contribution in [3.8, 4) is 0 Å². The van der Waals surface area contributed by atoms with Crippen molar-refractivity contribution in [2.24, 2.45) is 0 Å². The molecule has 0 saturated heterocycles. The van der Waals surface area contributed by atoms with Gasteiger partial charge >= 0.3 is 36.4 Å². The number of hydrogen-bond acceptors (Lipinski definition) is 2. The molecule has 0 amide bonds. The van der Waals surface area contributed by atoms with Gasteiger partial charge in [0.05, 0.1) is 10.9 Å². The number of carbonyl (C=O) groups excluding carboxylic acids is 1. The van der Waals surface area contributed by atoms with Crippen molar-refractivity contribution in [2.75, 3.05) is 0 Å². The maximum atomic E-state index is 13.6. The van der Waals surface area contributed by atoms with E-state index in [1.165, 1.54) is 24.3 Å². The molecule has 230 valence electrons. The summed E-state index contributed by atoms with van der Waals surface area (Å²) in [5.41, 5.74) is 2.38. The van der Waals surface area contributed by atoms with E-state index < -0.39 is 30.4 Å². The van der Waals surface area contributed by atoms with E-state index in [1.54, 1.807) is 36.0 Å². The molecule has 0 atom stereocenters. The minimum absolute atomic E-state index is 0.0122. The summed E-state index contributed by atoms with van der Waals surface area (Å²) >= 11 is -9.61. The van der Waals surface area contributed by atoms with Crippen molar-refractivity contribution in [2.45, 2.75) is 31.4 Å². The number of carbonyl (C=O) groups is 1. The van der Waals surface area contributed by atoms with Gasteiger partial charge in [-0.25, -0.2) is 8.78 Å². The molecule has 0 aliphatic heterocycles. The Labute approximate surface area is 258 Å². The third-order valence-electron chi connectivity index (χ3n) is 5.86. The zero-order valence-corrected chi connectivity index (χ0v) is 26.9. The van der Waals surface area contributed by atoms with Gasteiger partial charge in [-0.1, -0.05) is 42.1 Å². The average Bonchev–Trinajstić information content (AvgIpc) is 2.95. The molecule has 0 fully saturated rings. The van der Waals surface area contributed by atoms with Crippen molar-refractivity contribution < 1.29 is 30.5 Å². The predicted octanol–water partition coefficient (Wildman–Crippen LogP) is 10.9. The van der Waals surface area contributed by atoms with Gasteiger partial charge in [0.25, 0.3) is 0 Å². The van der Waals surface area contributed by atoms with Gasteiger partial charge in [-0.05, 0) is 103 Å². The number of rotatable bonds is 7. The SMILES string of the molecule is Cc1cc(C(=O)c2ccccc2)ccc1Sc1ccc([S+](c2ccc(F)cc2)c2ccc(F)cc2)cc1.[F][Sb-]([F])([F])([F])([F])[F]. The van der Waals surface area contributed by atoms with Crippen LogP contribution in [0, 0.1) is 18.6 Å². The summed E-state index contributed by atoms with van der Waals surface area (Å²) in [7, 11) is -0.497. The number of hydrogen-bond donors (Lipinski definition) is 0. The van der Waals surface area contributed by atoms with E-state index in [0.29, 0.717) is 11.1 Å². The summed E-state index contributed by atoms with van der Waals surface area (Å²) in [6.07, 6.45) is 0. The number of halogens is 8. The van der Waals surface area contributed by atoms with Gasteiger partial charge in [0.2, 0.25) is 0 Å². The molecule has 0 unspecified atom stereocenters. The first-order chi connectivity index (χ1) is 20.4. The second-order valence-corrected chi connectivity index (χ2v) is 18.0. The summed E-state index contributed by atoms with van der Waals surface area (Å²) in [5.74, 6) is -0.562. The molecule has 12 heteroatoms. The van der Waals surface area contributed by atoms with Crippen molar-refractivity contribution >= 4 is 47.9 Å². The standard InChI is InChI=1S/C32H23F2OS2.6FH.Sb/c1-22-21-24(32(35)23-5-3-2-4-6-23)7-20-31(22)36-27-12-18-30(19-13-27)37(28-14-8-25(33)9-15-28)29-16-10-26(34)11-17-29;;;;;;;/h2-21H,1H3;6*1H;/q+1;;;;;;;+5/p-6. The van der Waals surface area contributed by atoms with Crippen LogP contribution in [-0.2, 0) is 10.9 Å². The van der Waals surface area contributed by atoms with Gasteiger partial charge in [-0.3, -0.25) is 4.79 Å². The van der Waals surface area contributed by atoms with Crippen LogP contribution in [0.3, 0.4) is 0 Å². The molecule has 0 aliphatic rings. The second-order valence-electron chi connectivity index (χ2n) is 9.42. The molecule has 0 bridgehead atoms. The first-order valence-electron chi connectivity index (χ1n) is 12.7. The van der Waals surface area contributed by atoms with E-state index in [9.17, 15) is 30.5 Å². The molecule has 0 radical (unpaired) electrons. The normalized spacial score (nSPS) is 13.0. The van der Waals surface area contributed by atoms with Crippen LogP contribution in [0.5, 0.6) is 0 Å². The van der Waals surface area contributed by atoms with Crippen LogP contribution >= 0.6 is 11.8 Å². The Morgan fingerprint density at radius 1 is 0.591 bits per heavy atom. The fraction of sp³-hybridized carbons (Fsp3) is 0.0312. The molecule has 5 aromatic rings. The second kappa shape index (κ2) is 12.6. The Hall–Kier alpha value is -3.27. The van der Waals surface area contributed by atoms with Crippen LogP contribution in [0.25, 0.3) is 0 Å². The molecule has 44 heavy (non-hydrogen) atoms. The number of benzene rings is 5. The number of aryl methyl sites for hydroxylation is 1. The van der Waals surface area contributed by atoms with E-state index >= 15 is 0 Å². The molecule has 0 saturated carbocycles. The average molecular weight is 761 g/mol. The Morgan fingerprint density at radius 2 is 1.02 bits per heavy atom. The molecule has 5 rings (SSSR count). The summed E-state index contributed by atoms with van der Waals surface area (Å²) in [4.78, 5) is 17.9. The Bertz CT molecular complexity index is 1690. The Kier molecular flexibility index (Phi) is 9.64. The molecule has 5 aromatic carbocycles. The van der Waals surface area contributed by atoms with Crippen LogP contribution < -0.4 is 0 Å². The van der Waals surface area contributed by atoms with Crippen molar-refractivity contribution in [1.29, 1.82) is 0 Å². The van der Waals surface area contributed by atoms with Gasteiger partial charge in [0.1, 0.15) is 11.6 Å². The zero-order valence-electron chi connectivity index (χ0n) is 22.7. The first-order valence-corrected chi connectivity index (χ1v) is 20.6. The summed E-state index contributed by atoms with van der Waals surface area (Å²) < 4.78 is 86.7. The summed E-state index contributed by atoms with van der Waals surface area (Å²) in [6, 6.07) is 36.3. The monoisotopic (exact) mass is 760 g/mol. The molecule has 0 spiro atoms. The zero-order chi connectivity index (χ0) is 32.2. The fourth-order valence-electron chi connectivity index (χ4n) is 3.98. The minimum atomic E-state index is -11.2. The quantitative estimate of drug-likeness (QED) is 0.0711. The van der Waals surface area contributed by atoms with Crippen LogP contribution in [0.1, 0.15) is 21.5 Å². The number of ketones is 1. The molecular weight excluding hydrogens is 738 g/mol. The first kappa shape index (κ1) is 33.6. The Balaban J connectivity index is 0.000000566. The third kappa shape index (κ3) is 10.7. The summed E-state index contributed by atoms with van der Waals surface area (Å²) in [6.45, 7) is 2.01. The van der Waals surface area contributed by atoms with Gasteiger partial charge in [-0.15, -0.1) is 0 Å². The fourth-order valence-corrected chi connectivity index (χ4v) is 6.91. The van der Waals surface area contributed by atoms with Gasteiger partial charge < -0.3 is 0 Å². The van der Waals surface area contributed by atoms with E-state index in [4.69, 9.17) is 0 Å². The van der Waals surface area contributed by atoms with Crippen molar-refractivity contribution in [1.82, 2.24) is 0 Å². The van der Waals surface area contributed by atoms with Crippen LogP contribution in [0.15, 0.2) is 146 Å².